The quantitative estimate of drug-likeness (QED) is 0.756. The molecule has 4 heteroatoms. The van der Waals surface area contributed by atoms with E-state index in [1.165, 1.54) is 5.56 Å². The Hall–Kier alpha value is -0.540. The van der Waals surface area contributed by atoms with Crippen molar-refractivity contribution in [1.29, 1.82) is 0 Å². The normalized spacial score (nSPS) is 9.27. The smallest absolute Gasteiger partial charge is 0.127 e. The summed E-state index contributed by atoms with van der Waals surface area (Å²) < 4.78 is 4.75. The van der Waals surface area contributed by atoms with Crippen molar-refractivity contribution < 1.29 is 4.52 Å². The van der Waals surface area contributed by atoms with E-state index in [2.05, 4.69) is 5.16 Å². The van der Waals surface area contributed by atoms with Gasteiger partial charge in [0.05, 0.1) is 5.69 Å². The van der Waals surface area contributed by atoms with Gasteiger partial charge in [-0.2, -0.15) is 0 Å². The Morgan fingerprint density at radius 3 is 2.82 bits per heavy atom. The topological polar surface area (TPSA) is 52.0 Å². The molecule has 0 saturated heterocycles. The molecule has 1 rings (SSSR count). The Balaban J connectivity index is 0.000001000. The van der Waals surface area contributed by atoms with Crippen molar-refractivity contribution >= 4 is 12.4 Å². The van der Waals surface area contributed by atoms with Crippen LogP contribution in [0.4, 0.5) is 0 Å². The van der Waals surface area contributed by atoms with E-state index in [0.717, 1.165) is 25.1 Å². The van der Waals surface area contributed by atoms with Crippen molar-refractivity contribution in [3.8, 4) is 0 Å². The van der Waals surface area contributed by atoms with Gasteiger partial charge in [-0.1, -0.05) is 5.16 Å². The Morgan fingerprint density at radius 2 is 2.36 bits per heavy atom. The van der Waals surface area contributed by atoms with Crippen LogP contribution < -0.4 is 5.73 Å². The number of nitrogens with two attached hydrogens (primary N) is 1. The van der Waals surface area contributed by atoms with Gasteiger partial charge >= 0.3 is 0 Å². The van der Waals surface area contributed by atoms with Crippen LogP contribution in [0.25, 0.3) is 0 Å². The number of aromatic nitrogens is 1. The maximum absolute atomic E-state index is 5.34. The molecule has 1 aromatic rings. The third-order valence-corrected chi connectivity index (χ3v) is 1.50. The van der Waals surface area contributed by atoms with Gasteiger partial charge in [0.25, 0.3) is 0 Å². The standard InChI is InChI=1S/C7H12N2O.ClH/c1-6-7(3-2-4-8)5-10-9-6;/h5H,2-4,8H2,1H3;1H. The zero-order valence-corrected chi connectivity index (χ0v) is 7.36. The molecule has 0 unspecified atom stereocenters. The lowest BCUT2D eigenvalue weighted by Gasteiger charge is -1.92. The molecule has 0 spiro atoms. The molecule has 0 bridgehead atoms. The summed E-state index contributed by atoms with van der Waals surface area (Å²) in [6.07, 6.45) is 3.67. The molecular weight excluding hydrogens is 164 g/mol. The van der Waals surface area contributed by atoms with Crippen LogP contribution >= 0.6 is 12.4 Å². The van der Waals surface area contributed by atoms with Crippen molar-refractivity contribution in [2.45, 2.75) is 19.8 Å². The summed E-state index contributed by atoms with van der Waals surface area (Å²) in [6.45, 7) is 2.67. The second-order valence-electron chi connectivity index (χ2n) is 2.32. The molecule has 11 heavy (non-hydrogen) atoms. The van der Waals surface area contributed by atoms with Crippen LogP contribution in [0.1, 0.15) is 17.7 Å². The van der Waals surface area contributed by atoms with Crippen molar-refractivity contribution in [2.24, 2.45) is 5.73 Å². The van der Waals surface area contributed by atoms with Crippen molar-refractivity contribution in [3.05, 3.63) is 17.5 Å². The predicted molar refractivity (Wildman–Crippen MR) is 45.9 cm³/mol. The van der Waals surface area contributed by atoms with E-state index in [4.69, 9.17) is 10.3 Å². The Labute approximate surface area is 72.3 Å². The maximum atomic E-state index is 5.34. The minimum Gasteiger partial charge on any atom is -0.364 e. The summed E-state index contributed by atoms with van der Waals surface area (Å²) >= 11 is 0. The fourth-order valence-electron chi connectivity index (χ4n) is 0.845. The van der Waals surface area contributed by atoms with Gasteiger partial charge in [-0.25, -0.2) is 0 Å². The zero-order chi connectivity index (χ0) is 7.40. The minimum absolute atomic E-state index is 0. The van der Waals surface area contributed by atoms with Crippen molar-refractivity contribution in [2.75, 3.05) is 6.54 Å². The second kappa shape index (κ2) is 5.16. The van der Waals surface area contributed by atoms with E-state index in [1.54, 1.807) is 6.26 Å². The van der Waals surface area contributed by atoms with Gasteiger partial charge in [-0.05, 0) is 26.3 Å². The molecule has 0 amide bonds. The van der Waals surface area contributed by atoms with E-state index >= 15 is 0 Å². The molecule has 0 atom stereocenters. The lowest BCUT2D eigenvalue weighted by molar-refractivity contribution is 0.414. The number of rotatable bonds is 3. The highest BCUT2D eigenvalue weighted by Gasteiger charge is 1.99. The van der Waals surface area contributed by atoms with Gasteiger partial charge < -0.3 is 10.3 Å². The molecule has 0 aliphatic carbocycles. The van der Waals surface area contributed by atoms with E-state index in [1.807, 2.05) is 6.92 Å². The van der Waals surface area contributed by atoms with Gasteiger partial charge in [0.15, 0.2) is 0 Å². The number of halogens is 1. The Kier molecular flexibility index (Phi) is 4.90. The van der Waals surface area contributed by atoms with E-state index in [-0.39, 0.29) is 12.4 Å². The summed E-state index contributed by atoms with van der Waals surface area (Å²) in [6, 6.07) is 0. The molecule has 3 nitrogen and oxygen atoms in total. The number of aryl methyl sites for hydroxylation is 2. The molecule has 0 fully saturated rings. The third-order valence-electron chi connectivity index (χ3n) is 1.50. The van der Waals surface area contributed by atoms with Gasteiger partial charge in [-0.3, -0.25) is 0 Å². The first-order valence-electron chi connectivity index (χ1n) is 3.44. The van der Waals surface area contributed by atoms with Gasteiger partial charge in [0.2, 0.25) is 0 Å². The van der Waals surface area contributed by atoms with Crippen LogP contribution in [0.15, 0.2) is 10.8 Å². The van der Waals surface area contributed by atoms with E-state index < -0.39 is 0 Å². The summed E-state index contributed by atoms with van der Waals surface area (Å²) in [5.74, 6) is 0. The molecule has 2 N–H and O–H groups in total. The fourth-order valence-corrected chi connectivity index (χ4v) is 0.845. The highest BCUT2D eigenvalue weighted by Crippen LogP contribution is 2.06. The lowest BCUT2D eigenvalue weighted by Crippen LogP contribution is -2.00. The van der Waals surface area contributed by atoms with E-state index in [9.17, 15) is 0 Å². The average Bonchev–Trinajstić information content (AvgIpc) is 2.31. The average molecular weight is 177 g/mol. The molecule has 0 radical (unpaired) electrons. The summed E-state index contributed by atoms with van der Waals surface area (Å²) in [5.41, 5.74) is 7.50. The van der Waals surface area contributed by atoms with Crippen molar-refractivity contribution in [3.63, 3.8) is 0 Å². The van der Waals surface area contributed by atoms with Crippen LogP contribution in [-0.4, -0.2) is 11.7 Å². The second-order valence-corrected chi connectivity index (χ2v) is 2.32. The third kappa shape index (κ3) is 2.91. The minimum atomic E-state index is 0. The highest BCUT2D eigenvalue weighted by atomic mass is 35.5. The molecule has 0 aliphatic heterocycles. The molecule has 0 saturated carbocycles. The van der Waals surface area contributed by atoms with Crippen LogP contribution in [0.2, 0.25) is 0 Å². The van der Waals surface area contributed by atoms with Gasteiger partial charge in [-0.15, -0.1) is 12.4 Å². The van der Waals surface area contributed by atoms with Gasteiger partial charge in [0.1, 0.15) is 6.26 Å². The Morgan fingerprint density at radius 1 is 1.64 bits per heavy atom. The number of nitrogens with zero attached hydrogens (tertiary/aromatic N) is 1. The molecule has 0 aromatic carbocycles. The summed E-state index contributed by atoms with van der Waals surface area (Å²) in [4.78, 5) is 0. The van der Waals surface area contributed by atoms with Crippen LogP contribution in [0.3, 0.4) is 0 Å². The number of hydrogen-bond donors (Lipinski definition) is 1. The molecule has 64 valence electrons. The SMILES string of the molecule is Cc1nocc1CCCN.Cl. The first kappa shape index (κ1) is 10.5. The summed E-state index contributed by atoms with van der Waals surface area (Å²) in [5, 5.41) is 3.75. The first-order valence-corrected chi connectivity index (χ1v) is 3.44. The van der Waals surface area contributed by atoms with Crippen LogP contribution in [0.5, 0.6) is 0 Å². The van der Waals surface area contributed by atoms with Crippen LogP contribution in [-0.2, 0) is 6.42 Å². The predicted octanol–water partition coefficient (Wildman–Crippen LogP) is 1.30. The van der Waals surface area contributed by atoms with E-state index in [0.29, 0.717) is 0 Å². The van der Waals surface area contributed by atoms with Crippen LogP contribution in [0, 0.1) is 6.92 Å². The zero-order valence-electron chi connectivity index (χ0n) is 6.54. The lowest BCUT2D eigenvalue weighted by atomic mass is 10.1. The van der Waals surface area contributed by atoms with Gasteiger partial charge in [0, 0.05) is 5.56 Å². The fraction of sp³-hybridized carbons (Fsp3) is 0.571. The molecule has 1 heterocycles. The highest BCUT2D eigenvalue weighted by molar-refractivity contribution is 5.85. The first-order chi connectivity index (χ1) is 4.84. The molecule has 1 aromatic heterocycles. The molecule has 0 aliphatic rings. The maximum Gasteiger partial charge on any atom is 0.127 e. The van der Waals surface area contributed by atoms with Crippen molar-refractivity contribution in [1.82, 2.24) is 5.16 Å². The number of hydrogen-bond acceptors (Lipinski definition) is 3. The Bertz CT molecular complexity index is 200. The largest absolute Gasteiger partial charge is 0.364 e. The molecular formula is C7H13ClN2O. The monoisotopic (exact) mass is 176 g/mol. The summed E-state index contributed by atoms with van der Waals surface area (Å²) in [7, 11) is 0.